The largest absolute Gasteiger partial charge is 0.297 e. The Bertz CT molecular complexity index is 288. The average molecular weight is 265 g/mol. The fourth-order valence-electron chi connectivity index (χ4n) is 5.31. The van der Waals surface area contributed by atoms with E-state index in [1.807, 2.05) is 0 Å². The summed E-state index contributed by atoms with van der Waals surface area (Å²) in [6.07, 6.45) is 7.02. The lowest BCUT2D eigenvalue weighted by Gasteiger charge is -2.60. The fraction of sp³-hybridized carbons (Fsp3) is 1.00. The normalized spacial score (nSPS) is 31.7. The zero-order chi connectivity index (χ0) is 14.5. The van der Waals surface area contributed by atoms with Crippen LogP contribution >= 0.6 is 0 Å². The Hall–Kier alpha value is -0.0400. The minimum absolute atomic E-state index is 0.407. The predicted octanol–water partition coefficient (Wildman–Crippen LogP) is 5.10. The molecule has 0 aromatic heterocycles. The maximum atomic E-state index is 2.84. The van der Waals surface area contributed by atoms with E-state index in [9.17, 15) is 0 Å². The molecule has 2 fully saturated rings. The smallest absolute Gasteiger partial charge is 0.0104 e. The molecule has 2 rings (SSSR count). The highest BCUT2D eigenvalue weighted by Gasteiger charge is 2.57. The average Bonchev–Trinajstić information content (AvgIpc) is 2.49. The predicted molar refractivity (Wildman–Crippen MR) is 84.4 cm³/mol. The molecule has 0 aromatic carbocycles. The van der Waals surface area contributed by atoms with Crippen LogP contribution in [-0.4, -0.2) is 23.5 Å². The lowest BCUT2D eigenvalue weighted by Crippen LogP contribution is -2.57. The quantitative estimate of drug-likeness (QED) is 0.671. The highest BCUT2D eigenvalue weighted by Crippen LogP contribution is 2.62. The molecule has 2 bridgehead atoms. The number of hydrogen-bond acceptors (Lipinski definition) is 1. The van der Waals surface area contributed by atoms with E-state index in [4.69, 9.17) is 0 Å². The topological polar surface area (TPSA) is 3.24 Å². The molecule has 0 saturated carbocycles. The monoisotopic (exact) mass is 265 g/mol. The van der Waals surface area contributed by atoms with Crippen LogP contribution in [0.1, 0.15) is 80.6 Å². The Morgan fingerprint density at radius 1 is 0.895 bits per heavy atom. The number of fused-ring (bicyclic) bond motifs is 2. The summed E-state index contributed by atoms with van der Waals surface area (Å²) >= 11 is 0. The molecule has 0 N–H and O–H groups in total. The summed E-state index contributed by atoms with van der Waals surface area (Å²) in [6, 6.07) is 1.72. The van der Waals surface area contributed by atoms with Crippen molar-refractivity contribution < 1.29 is 0 Å². The van der Waals surface area contributed by atoms with Crippen LogP contribution in [0.25, 0.3) is 0 Å². The van der Waals surface area contributed by atoms with Gasteiger partial charge in [-0.15, -0.1) is 0 Å². The van der Waals surface area contributed by atoms with Crippen molar-refractivity contribution in [1.82, 2.24) is 4.90 Å². The summed E-state index contributed by atoms with van der Waals surface area (Å²) < 4.78 is 0. The van der Waals surface area contributed by atoms with E-state index in [-0.39, 0.29) is 0 Å². The Balaban J connectivity index is 2.31. The second kappa shape index (κ2) is 4.76. The molecule has 19 heavy (non-hydrogen) atoms. The maximum absolute atomic E-state index is 2.84. The van der Waals surface area contributed by atoms with Crippen LogP contribution < -0.4 is 0 Å². The van der Waals surface area contributed by atoms with Gasteiger partial charge in [0.1, 0.15) is 0 Å². The Morgan fingerprint density at radius 2 is 1.32 bits per heavy atom. The van der Waals surface area contributed by atoms with Crippen LogP contribution in [0.2, 0.25) is 0 Å². The summed E-state index contributed by atoms with van der Waals surface area (Å²) in [7, 11) is 0. The molecule has 2 heterocycles. The first kappa shape index (κ1) is 15.4. The Morgan fingerprint density at radius 3 is 1.63 bits per heavy atom. The number of hydrogen-bond donors (Lipinski definition) is 0. The first-order valence-corrected chi connectivity index (χ1v) is 8.38. The van der Waals surface area contributed by atoms with E-state index in [0.717, 1.165) is 12.1 Å². The molecule has 1 nitrogen and oxygen atoms in total. The van der Waals surface area contributed by atoms with E-state index in [1.54, 1.807) is 0 Å². The van der Waals surface area contributed by atoms with Crippen LogP contribution in [0.3, 0.4) is 0 Å². The third kappa shape index (κ3) is 2.37. The second-order valence-corrected chi connectivity index (χ2v) is 9.11. The van der Waals surface area contributed by atoms with Gasteiger partial charge in [-0.05, 0) is 54.9 Å². The lowest BCUT2D eigenvalue weighted by atomic mass is 9.49. The summed E-state index contributed by atoms with van der Waals surface area (Å²) in [4.78, 5) is 2.84. The van der Waals surface area contributed by atoms with Crippen molar-refractivity contribution in [3.63, 3.8) is 0 Å². The van der Waals surface area contributed by atoms with Crippen molar-refractivity contribution in [2.45, 2.75) is 92.7 Å². The van der Waals surface area contributed by atoms with E-state index in [1.165, 1.54) is 38.6 Å². The highest BCUT2D eigenvalue weighted by atomic mass is 15.2. The van der Waals surface area contributed by atoms with Crippen LogP contribution in [0, 0.1) is 16.2 Å². The first-order chi connectivity index (χ1) is 8.62. The third-order valence-electron chi connectivity index (χ3n) is 6.29. The summed E-state index contributed by atoms with van der Waals surface area (Å²) in [6.45, 7) is 18.5. The molecule has 2 unspecified atom stereocenters. The molecule has 0 spiro atoms. The van der Waals surface area contributed by atoms with Crippen molar-refractivity contribution in [2.75, 3.05) is 6.54 Å². The van der Waals surface area contributed by atoms with Gasteiger partial charge in [0.25, 0.3) is 0 Å². The van der Waals surface area contributed by atoms with Crippen LogP contribution in [0.15, 0.2) is 0 Å². The third-order valence-corrected chi connectivity index (χ3v) is 6.29. The number of rotatable bonds is 2. The first-order valence-electron chi connectivity index (χ1n) is 8.38. The van der Waals surface area contributed by atoms with E-state index in [0.29, 0.717) is 16.2 Å². The van der Waals surface area contributed by atoms with Crippen molar-refractivity contribution in [2.24, 2.45) is 16.2 Å². The van der Waals surface area contributed by atoms with Gasteiger partial charge in [-0.3, -0.25) is 4.90 Å². The molecule has 0 radical (unpaired) electrons. The molecule has 112 valence electrons. The van der Waals surface area contributed by atoms with E-state index in [2.05, 4.69) is 53.4 Å². The van der Waals surface area contributed by atoms with Crippen LogP contribution in [0.5, 0.6) is 0 Å². The Labute approximate surface area is 121 Å². The zero-order valence-corrected chi connectivity index (χ0v) is 14.3. The molecular weight excluding hydrogens is 230 g/mol. The van der Waals surface area contributed by atoms with Crippen molar-refractivity contribution in [3.8, 4) is 0 Å². The molecular formula is C18H35N. The second-order valence-electron chi connectivity index (χ2n) is 9.11. The highest BCUT2D eigenvalue weighted by molar-refractivity contribution is 5.09. The zero-order valence-electron chi connectivity index (χ0n) is 14.3. The van der Waals surface area contributed by atoms with Gasteiger partial charge in [-0.25, -0.2) is 0 Å². The number of nitrogens with zero attached hydrogens (tertiary/aromatic N) is 1. The molecule has 0 amide bonds. The SMILES string of the molecule is CCCN1C2CCC1CC(C(C)(C)C)(C(C)(C)C)C2. The lowest BCUT2D eigenvalue weighted by molar-refractivity contribution is -0.106. The number of piperidine rings is 1. The van der Waals surface area contributed by atoms with Crippen molar-refractivity contribution >= 4 is 0 Å². The van der Waals surface area contributed by atoms with Gasteiger partial charge in [0.2, 0.25) is 0 Å². The van der Waals surface area contributed by atoms with Gasteiger partial charge >= 0.3 is 0 Å². The molecule has 0 aliphatic carbocycles. The van der Waals surface area contributed by atoms with E-state index >= 15 is 0 Å². The molecule has 2 saturated heterocycles. The molecule has 2 aliphatic heterocycles. The van der Waals surface area contributed by atoms with Gasteiger partial charge in [0.15, 0.2) is 0 Å². The van der Waals surface area contributed by atoms with Crippen LogP contribution in [0.4, 0.5) is 0 Å². The van der Waals surface area contributed by atoms with Gasteiger partial charge < -0.3 is 0 Å². The van der Waals surface area contributed by atoms with Gasteiger partial charge in [0, 0.05) is 12.1 Å². The summed E-state index contributed by atoms with van der Waals surface area (Å²) in [5.41, 5.74) is 1.31. The van der Waals surface area contributed by atoms with Crippen molar-refractivity contribution in [1.29, 1.82) is 0 Å². The maximum Gasteiger partial charge on any atom is 0.0104 e. The fourth-order valence-corrected chi connectivity index (χ4v) is 5.31. The molecule has 1 heteroatoms. The summed E-state index contributed by atoms with van der Waals surface area (Å²) in [5.74, 6) is 0. The van der Waals surface area contributed by atoms with Gasteiger partial charge in [-0.1, -0.05) is 48.5 Å². The van der Waals surface area contributed by atoms with Gasteiger partial charge in [-0.2, -0.15) is 0 Å². The molecule has 2 aliphatic rings. The molecule has 2 atom stereocenters. The Kier molecular flexibility index (Phi) is 3.84. The van der Waals surface area contributed by atoms with Crippen molar-refractivity contribution in [3.05, 3.63) is 0 Å². The molecule has 0 aromatic rings. The standard InChI is InChI=1S/C18H35N/c1-8-11-19-14-9-10-15(19)13-18(12-14,16(2,3)4)17(5,6)7/h14-15H,8-13H2,1-7H3. The summed E-state index contributed by atoms with van der Waals surface area (Å²) in [5, 5.41) is 0. The minimum Gasteiger partial charge on any atom is -0.297 e. The minimum atomic E-state index is 0.407. The van der Waals surface area contributed by atoms with E-state index < -0.39 is 0 Å². The van der Waals surface area contributed by atoms with Crippen LogP contribution in [-0.2, 0) is 0 Å². The van der Waals surface area contributed by atoms with Gasteiger partial charge in [0.05, 0.1) is 0 Å².